The van der Waals surface area contributed by atoms with Gasteiger partial charge in [0.05, 0.1) is 0 Å². The van der Waals surface area contributed by atoms with Crippen LogP contribution in [0.1, 0.15) is 5.89 Å². The lowest BCUT2D eigenvalue weighted by atomic mass is 10.4. The van der Waals surface area contributed by atoms with Gasteiger partial charge in [-0.15, -0.1) is 0 Å². The van der Waals surface area contributed by atoms with E-state index in [1.165, 1.54) is 6.33 Å². The standard InChI is InChI=1S/C6H9N5O3/c7-11-6(13)5(12)8-2-1-4-9-3-10-14-4/h3H,1-2,7H2,(H,8,12)(H,11,13). The molecule has 0 radical (unpaired) electrons. The third-order valence-corrected chi connectivity index (χ3v) is 1.37. The van der Waals surface area contributed by atoms with Crippen LogP contribution in [-0.4, -0.2) is 28.5 Å². The van der Waals surface area contributed by atoms with E-state index in [1.807, 2.05) is 0 Å². The minimum absolute atomic E-state index is 0.231. The number of hydrogen-bond acceptors (Lipinski definition) is 6. The zero-order valence-electron chi connectivity index (χ0n) is 7.19. The lowest BCUT2D eigenvalue weighted by molar-refractivity contribution is -0.139. The fourth-order valence-corrected chi connectivity index (χ4v) is 0.735. The van der Waals surface area contributed by atoms with E-state index in [2.05, 4.69) is 20.0 Å². The summed E-state index contributed by atoms with van der Waals surface area (Å²) >= 11 is 0. The monoisotopic (exact) mass is 199 g/mol. The van der Waals surface area contributed by atoms with Crippen molar-refractivity contribution >= 4 is 11.8 Å². The van der Waals surface area contributed by atoms with Crippen molar-refractivity contribution in [1.29, 1.82) is 0 Å². The van der Waals surface area contributed by atoms with Crippen LogP contribution in [0.4, 0.5) is 0 Å². The summed E-state index contributed by atoms with van der Waals surface area (Å²) in [5.41, 5.74) is 1.71. The first-order valence-corrected chi connectivity index (χ1v) is 3.78. The van der Waals surface area contributed by atoms with Gasteiger partial charge in [-0.1, -0.05) is 5.16 Å². The molecule has 14 heavy (non-hydrogen) atoms. The molecule has 0 saturated carbocycles. The van der Waals surface area contributed by atoms with E-state index in [0.29, 0.717) is 12.3 Å². The highest BCUT2D eigenvalue weighted by atomic mass is 16.5. The summed E-state index contributed by atoms with van der Waals surface area (Å²) in [6.45, 7) is 0.231. The molecule has 4 N–H and O–H groups in total. The van der Waals surface area contributed by atoms with Gasteiger partial charge in [-0.25, -0.2) is 5.84 Å². The molecule has 0 aliphatic carbocycles. The molecule has 0 spiro atoms. The molecule has 0 aromatic carbocycles. The fraction of sp³-hybridized carbons (Fsp3) is 0.333. The van der Waals surface area contributed by atoms with E-state index in [-0.39, 0.29) is 6.54 Å². The Hall–Kier alpha value is -1.96. The number of carbonyl (C=O) groups excluding carboxylic acids is 2. The van der Waals surface area contributed by atoms with Gasteiger partial charge in [-0.05, 0) is 0 Å². The number of nitrogens with one attached hydrogen (secondary N) is 2. The van der Waals surface area contributed by atoms with Crippen LogP contribution in [0.5, 0.6) is 0 Å². The van der Waals surface area contributed by atoms with Crippen LogP contribution in [-0.2, 0) is 16.0 Å². The Bertz CT molecular complexity index is 309. The van der Waals surface area contributed by atoms with Crippen LogP contribution >= 0.6 is 0 Å². The van der Waals surface area contributed by atoms with Crippen LogP contribution in [0.3, 0.4) is 0 Å². The van der Waals surface area contributed by atoms with E-state index < -0.39 is 11.8 Å². The Morgan fingerprint density at radius 2 is 2.29 bits per heavy atom. The summed E-state index contributed by atoms with van der Waals surface area (Å²) in [6.07, 6.45) is 1.62. The predicted octanol–water partition coefficient (Wildman–Crippen LogP) is -2.28. The Morgan fingerprint density at radius 3 is 2.86 bits per heavy atom. The highest BCUT2D eigenvalue weighted by Gasteiger charge is 2.10. The third kappa shape index (κ3) is 2.83. The number of hydrazine groups is 1. The maximum absolute atomic E-state index is 10.8. The van der Waals surface area contributed by atoms with Gasteiger partial charge in [0, 0.05) is 13.0 Å². The van der Waals surface area contributed by atoms with Crippen molar-refractivity contribution in [3.05, 3.63) is 12.2 Å². The average molecular weight is 199 g/mol. The maximum atomic E-state index is 10.8. The lowest BCUT2D eigenvalue weighted by Gasteiger charge is -2.00. The fourth-order valence-electron chi connectivity index (χ4n) is 0.735. The molecule has 0 aliphatic rings. The zero-order chi connectivity index (χ0) is 10.4. The maximum Gasteiger partial charge on any atom is 0.323 e. The van der Waals surface area contributed by atoms with Crippen LogP contribution < -0.4 is 16.6 Å². The zero-order valence-corrected chi connectivity index (χ0v) is 7.19. The van der Waals surface area contributed by atoms with Crippen molar-refractivity contribution in [3.8, 4) is 0 Å². The number of amides is 2. The van der Waals surface area contributed by atoms with E-state index in [9.17, 15) is 9.59 Å². The van der Waals surface area contributed by atoms with E-state index in [1.54, 1.807) is 5.43 Å². The molecular formula is C6H9N5O3. The van der Waals surface area contributed by atoms with Gasteiger partial charge >= 0.3 is 11.8 Å². The number of rotatable bonds is 3. The number of nitrogens with two attached hydrogens (primary N) is 1. The third-order valence-electron chi connectivity index (χ3n) is 1.37. The van der Waals surface area contributed by atoms with Gasteiger partial charge in [-0.2, -0.15) is 4.98 Å². The van der Waals surface area contributed by atoms with E-state index in [0.717, 1.165) is 0 Å². The van der Waals surface area contributed by atoms with Gasteiger partial charge in [0.15, 0.2) is 6.33 Å². The lowest BCUT2D eigenvalue weighted by Crippen LogP contribution is -2.43. The SMILES string of the molecule is NNC(=O)C(=O)NCCc1ncno1. The molecule has 0 fully saturated rings. The van der Waals surface area contributed by atoms with Gasteiger partial charge in [0.25, 0.3) is 0 Å². The average Bonchev–Trinajstić information content (AvgIpc) is 2.69. The molecule has 0 saturated heterocycles. The molecule has 1 aromatic heterocycles. The molecule has 2 amide bonds. The van der Waals surface area contributed by atoms with Crippen molar-refractivity contribution in [3.63, 3.8) is 0 Å². The largest absolute Gasteiger partial charge is 0.347 e. The number of nitrogens with zero attached hydrogens (tertiary/aromatic N) is 2. The smallest absolute Gasteiger partial charge is 0.323 e. The van der Waals surface area contributed by atoms with Crippen molar-refractivity contribution in [2.75, 3.05) is 6.54 Å². The molecule has 8 nitrogen and oxygen atoms in total. The molecule has 76 valence electrons. The first kappa shape index (κ1) is 10.1. The second-order valence-electron chi connectivity index (χ2n) is 2.31. The quantitative estimate of drug-likeness (QED) is 0.218. The second kappa shape index (κ2) is 4.92. The van der Waals surface area contributed by atoms with Gasteiger partial charge in [0.2, 0.25) is 5.89 Å². The summed E-state index contributed by atoms with van der Waals surface area (Å²) in [7, 11) is 0. The van der Waals surface area contributed by atoms with Gasteiger partial charge in [-0.3, -0.25) is 15.0 Å². The summed E-state index contributed by atoms with van der Waals surface area (Å²) in [5, 5.41) is 5.69. The molecule has 8 heteroatoms. The normalized spacial score (nSPS) is 9.50. The van der Waals surface area contributed by atoms with Crippen LogP contribution in [0.2, 0.25) is 0 Å². The molecule has 1 rings (SSSR count). The van der Waals surface area contributed by atoms with Gasteiger partial charge < -0.3 is 9.84 Å². The molecule has 0 atom stereocenters. The molecule has 0 bridgehead atoms. The molecule has 1 aromatic rings. The molecule has 1 heterocycles. The van der Waals surface area contributed by atoms with E-state index in [4.69, 9.17) is 5.84 Å². The molecular weight excluding hydrogens is 190 g/mol. The minimum Gasteiger partial charge on any atom is -0.347 e. The highest BCUT2D eigenvalue weighted by molar-refractivity contribution is 6.34. The minimum atomic E-state index is -0.893. The van der Waals surface area contributed by atoms with Gasteiger partial charge in [0.1, 0.15) is 0 Å². The summed E-state index contributed by atoms with van der Waals surface area (Å²) in [6, 6.07) is 0. The number of aromatic nitrogens is 2. The number of hydrogen-bond donors (Lipinski definition) is 3. The van der Waals surface area contributed by atoms with Crippen molar-refractivity contribution in [2.24, 2.45) is 5.84 Å². The summed E-state index contributed by atoms with van der Waals surface area (Å²) in [5.74, 6) is 3.43. The van der Waals surface area contributed by atoms with Crippen LogP contribution in [0, 0.1) is 0 Å². The highest BCUT2D eigenvalue weighted by Crippen LogP contribution is 1.89. The summed E-state index contributed by atoms with van der Waals surface area (Å²) in [4.78, 5) is 25.2. The summed E-state index contributed by atoms with van der Waals surface area (Å²) < 4.78 is 4.66. The Morgan fingerprint density at radius 1 is 1.50 bits per heavy atom. The predicted molar refractivity (Wildman–Crippen MR) is 43.3 cm³/mol. The Kier molecular flexibility index (Phi) is 3.56. The van der Waals surface area contributed by atoms with Crippen molar-refractivity contribution in [1.82, 2.24) is 20.9 Å². The number of carbonyl (C=O) groups is 2. The van der Waals surface area contributed by atoms with E-state index >= 15 is 0 Å². The first-order chi connectivity index (χ1) is 6.74. The van der Waals surface area contributed by atoms with Crippen molar-refractivity contribution in [2.45, 2.75) is 6.42 Å². The Labute approximate surface area is 78.8 Å². The van der Waals surface area contributed by atoms with Crippen LogP contribution in [0.15, 0.2) is 10.9 Å². The second-order valence-corrected chi connectivity index (χ2v) is 2.31. The Balaban J connectivity index is 2.22. The van der Waals surface area contributed by atoms with Crippen molar-refractivity contribution < 1.29 is 14.1 Å². The molecule has 0 aliphatic heterocycles. The topological polar surface area (TPSA) is 123 Å². The molecule has 0 unspecified atom stereocenters. The van der Waals surface area contributed by atoms with Crippen LogP contribution in [0.25, 0.3) is 0 Å². The first-order valence-electron chi connectivity index (χ1n) is 3.78.